The number of hydrogen-bond donors (Lipinski definition) is 1. The van der Waals surface area contributed by atoms with E-state index in [1.165, 1.54) is 0 Å². The number of halogens is 2. The third kappa shape index (κ3) is 5.38. The van der Waals surface area contributed by atoms with Gasteiger partial charge < -0.3 is 15.2 Å². The summed E-state index contributed by atoms with van der Waals surface area (Å²) in [4.78, 5) is 30.2. The molecule has 37 heavy (non-hydrogen) atoms. The summed E-state index contributed by atoms with van der Waals surface area (Å²) in [6.07, 6.45) is 9.52. The normalized spacial score (nSPS) is 24.3. The number of imidazole rings is 1. The molecule has 11 heteroatoms. The average molecular weight is 548 g/mol. The third-order valence-electron chi connectivity index (χ3n) is 7.84. The zero-order valence-corrected chi connectivity index (χ0v) is 23.0. The highest BCUT2D eigenvalue weighted by Crippen LogP contribution is 2.39. The fraction of sp³-hybridized carbons (Fsp3) is 0.615. The molecule has 2 fully saturated rings. The van der Waals surface area contributed by atoms with E-state index in [1.54, 1.807) is 29.1 Å². The highest BCUT2D eigenvalue weighted by atomic mass is 35.5. The molecule has 0 aromatic carbocycles. The van der Waals surface area contributed by atoms with Crippen LogP contribution in [0.2, 0.25) is 0 Å². The number of nitrogens with two attached hydrogens (primary N) is 1. The number of fused-ring (bicyclic) bond motifs is 1. The number of piperidine rings is 2. The highest BCUT2D eigenvalue weighted by Gasteiger charge is 2.45. The van der Waals surface area contributed by atoms with Crippen molar-refractivity contribution in [2.75, 3.05) is 37.7 Å². The number of allylic oxidation sites excluding steroid dienone is 1. The number of alkyl halides is 2. The number of nitrogens with zero attached hydrogens (tertiary/aromatic N) is 6. The number of thioether (sulfide) groups is 1. The first-order valence-electron chi connectivity index (χ1n) is 13.1. The van der Waals surface area contributed by atoms with Crippen molar-refractivity contribution >= 4 is 41.3 Å². The van der Waals surface area contributed by atoms with Crippen molar-refractivity contribution in [3.05, 3.63) is 35.4 Å². The van der Waals surface area contributed by atoms with Crippen LogP contribution >= 0.6 is 23.4 Å². The summed E-state index contributed by atoms with van der Waals surface area (Å²) in [6.45, 7) is 7.03. The fourth-order valence-electron chi connectivity index (χ4n) is 5.62. The molecule has 0 spiro atoms. The summed E-state index contributed by atoms with van der Waals surface area (Å²) in [5.41, 5.74) is 6.87. The van der Waals surface area contributed by atoms with Crippen molar-refractivity contribution in [3.63, 3.8) is 0 Å². The lowest BCUT2D eigenvalue weighted by Crippen LogP contribution is -2.54. The average Bonchev–Trinajstić information content (AvgIpc) is 3.27. The molecule has 0 bridgehead atoms. The number of nitrogen functional groups attached to an aromatic ring is 1. The fourth-order valence-corrected chi connectivity index (χ4v) is 6.62. The smallest absolute Gasteiger partial charge is 0.260 e. The van der Waals surface area contributed by atoms with Gasteiger partial charge in [-0.25, -0.2) is 19.3 Å². The number of amides is 1. The van der Waals surface area contributed by atoms with E-state index in [-0.39, 0.29) is 42.0 Å². The molecule has 1 amide bonds. The SMILES string of the molecule is CCSc1nc2c(n1C1CCN(C(=O)C3(F)CCN(Cc4cnc(N)nc4)CC3)CC1)C=CC(Cl)C2C. The molecule has 0 radical (unpaired) electrons. The van der Waals surface area contributed by atoms with Gasteiger partial charge >= 0.3 is 0 Å². The van der Waals surface area contributed by atoms with Crippen LogP contribution in [0.15, 0.2) is 23.6 Å². The van der Waals surface area contributed by atoms with E-state index in [2.05, 4.69) is 39.4 Å². The largest absolute Gasteiger partial charge is 0.368 e. The van der Waals surface area contributed by atoms with Gasteiger partial charge in [0.25, 0.3) is 5.91 Å². The maximum atomic E-state index is 15.9. The molecule has 2 aliphatic heterocycles. The number of anilines is 1. The van der Waals surface area contributed by atoms with Crippen LogP contribution in [0.1, 0.15) is 68.4 Å². The molecule has 4 heterocycles. The lowest BCUT2D eigenvalue weighted by atomic mass is 9.90. The van der Waals surface area contributed by atoms with Gasteiger partial charge in [-0.05, 0) is 24.7 Å². The van der Waals surface area contributed by atoms with Crippen LogP contribution in [0.5, 0.6) is 0 Å². The van der Waals surface area contributed by atoms with Crippen molar-refractivity contribution < 1.29 is 9.18 Å². The molecule has 2 unspecified atom stereocenters. The molecule has 2 aromatic heterocycles. The minimum Gasteiger partial charge on any atom is -0.368 e. The van der Waals surface area contributed by atoms with E-state index in [4.69, 9.17) is 22.3 Å². The van der Waals surface area contributed by atoms with Gasteiger partial charge in [0.05, 0.1) is 16.8 Å². The van der Waals surface area contributed by atoms with Gasteiger partial charge in [0.15, 0.2) is 10.8 Å². The maximum absolute atomic E-state index is 15.9. The molecule has 3 aliphatic rings. The van der Waals surface area contributed by atoms with Crippen LogP contribution < -0.4 is 5.73 Å². The van der Waals surface area contributed by atoms with Gasteiger partial charge in [-0.3, -0.25) is 9.69 Å². The highest BCUT2D eigenvalue weighted by molar-refractivity contribution is 7.99. The van der Waals surface area contributed by atoms with Crippen LogP contribution in [0, 0.1) is 0 Å². The Morgan fingerprint density at radius 1 is 1.22 bits per heavy atom. The van der Waals surface area contributed by atoms with Crippen molar-refractivity contribution in [2.45, 2.75) is 74.2 Å². The Labute approximate surface area is 226 Å². The molecule has 200 valence electrons. The Balaban J connectivity index is 1.20. The molecule has 2 N–H and O–H groups in total. The molecule has 8 nitrogen and oxygen atoms in total. The predicted molar refractivity (Wildman–Crippen MR) is 145 cm³/mol. The van der Waals surface area contributed by atoms with E-state index < -0.39 is 5.67 Å². The van der Waals surface area contributed by atoms with Gasteiger partial charge in [0, 0.05) is 75.5 Å². The van der Waals surface area contributed by atoms with Crippen molar-refractivity contribution in [1.29, 1.82) is 0 Å². The van der Waals surface area contributed by atoms with E-state index in [0.717, 1.165) is 40.7 Å². The Bertz CT molecular complexity index is 1140. The zero-order valence-electron chi connectivity index (χ0n) is 21.4. The predicted octanol–water partition coefficient (Wildman–Crippen LogP) is 4.27. The first kappa shape index (κ1) is 26.4. The number of aromatic nitrogens is 4. The van der Waals surface area contributed by atoms with E-state index >= 15 is 4.39 Å². The monoisotopic (exact) mass is 547 g/mol. The quantitative estimate of drug-likeness (QED) is 0.426. The molecule has 2 aromatic rings. The van der Waals surface area contributed by atoms with Crippen LogP contribution in [-0.4, -0.2) is 78.2 Å². The van der Waals surface area contributed by atoms with Gasteiger partial charge in [-0.1, -0.05) is 31.7 Å². The molecule has 2 atom stereocenters. The van der Waals surface area contributed by atoms with Gasteiger partial charge in [-0.15, -0.1) is 11.6 Å². The summed E-state index contributed by atoms with van der Waals surface area (Å²) in [5, 5.41) is 0.960. The second-order valence-electron chi connectivity index (χ2n) is 10.3. The van der Waals surface area contributed by atoms with Crippen LogP contribution in [0.3, 0.4) is 0 Å². The molecule has 1 aliphatic carbocycles. The Morgan fingerprint density at radius 3 is 2.54 bits per heavy atom. The zero-order chi connectivity index (χ0) is 26.2. The maximum Gasteiger partial charge on any atom is 0.260 e. The summed E-state index contributed by atoms with van der Waals surface area (Å²) in [6, 6.07) is 0.234. The summed E-state index contributed by atoms with van der Waals surface area (Å²) in [7, 11) is 0. The lowest BCUT2D eigenvalue weighted by Gasteiger charge is -2.40. The number of hydrogen-bond acceptors (Lipinski definition) is 7. The minimum atomic E-state index is -1.80. The van der Waals surface area contributed by atoms with E-state index in [1.807, 2.05) is 6.08 Å². The molecule has 5 rings (SSSR count). The summed E-state index contributed by atoms with van der Waals surface area (Å²) in [5.74, 6) is 0.978. The van der Waals surface area contributed by atoms with Gasteiger partial charge in [0.1, 0.15) is 0 Å². The van der Waals surface area contributed by atoms with Gasteiger partial charge in [0.2, 0.25) is 5.95 Å². The molecule has 0 saturated carbocycles. The van der Waals surface area contributed by atoms with Crippen LogP contribution in [-0.2, 0) is 11.3 Å². The van der Waals surface area contributed by atoms with Crippen LogP contribution in [0.25, 0.3) is 6.08 Å². The van der Waals surface area contributed by atoms with Gasteiger partial charge in [-0.2, -0.15) is 0 Å². The molecular formula is C26H35ClFN7OS. The number of likely N-dealkylation sites (tertiary alicyclic amines) is 2. The number of carbonyl (C=O) groups is 1. The second-order valence-corrected chi connectivity index (χ2v) is 12.0. The number of rotatable bonds is 6. The molecule has 2 saturated heterocycles. The summed E-state index contributed by atoms with van der Waals surface area (Å²) >= 11 is 8.22. The molecular weight excluding hydrogens is 513 g/mol. The Hall–Kier alpha value is -2.17. The van der Waals surface area contributed by atoms with Crippen molar-refractivity contribution in [3.8, 4) is 0 Å². The summed E-state index contributed by atoms with van der Waals surface area (Å²) < 4.78 is 18.2. The second kappa shape index (κ2) is 10.9. The topological polar surface area (TPSA) is 93.2 Å². The Kier molecular flexibility index (Phi) is 7.79. The first-order valence-corrected chi connectivity index (χ1v) is 14.6. The Morgan fingerprint density at radius 2 is 1.89 bits per heavy atom. The van der Waals surface area contributed by atoms with E-state index in [0.29, 0.717) is 32.7 Å². The van der Waals surface area contributed by atoms with E-state index in [9.17, 15) is 4.79 Å². The standard InChI is InChI=1S/C26H35ClFN7OS/c1-3-37-25-32-22-17(2)20(27)4-5-21(22)35(25)19-6-10-34(11-7-19)23(36)26(28)8-12-33(13-9-26)16-18-14-30-24(29)31-15-18/h4-5,14-15,17,19-20H,3,6-13,16H2,1-2H3,(H2,29,30,31). The van der Waals surface area contributed by atoms with Crippen molar-refractivity contribution in [2.24, 2.45) is 0 Å². The first-order chi connectivity index (χ1) is 17.8. The van der Waals surface area contributed by atoms with Crippen molar-refractivity contribution in [1.82, 2.24) is 29.3 Å². The van der Waals surface area contributed by atoms with Crippen LogP contribution in [0.4, 0.5) is 10.3 Å². The third-order valence-corrected chi connectivity index (χ3v) is 9.20. The minimum absolute atomic E-state index is 0.0539. The lowest BCUT2D eigenvalue weighted by molar-refractivity contribution is -0.149. The number of carbonyl (C=O) groups excluding carboxylic acids is 1.